The number of aromatic nitrogens is 2. The quantitative estimate of drug-likeness (QED) is 0.338. The summed E-state index contributed by atoms with van der Waals surface area (Å²) in [5.41, 5.74) is 1.09. The van der Waals surface area contributed by atoms with Crippen LogP contribution in [0.2, 0.25) is 5.02 Å². The molecule has 0 spiro atoms. The third kappa shape index (κ3) is 3.93. The Kier molecular flexibility index (Phi) is 5.51. The van der Waals surface area contributed by atoms with E-state index in [-0.39, 0.29) is 18.1 Å². The van der Waals surface area contributed by atoms with Crippen LogP contribution < -0.4 is 9.47 Å². The summed E-state index contributed by atoms with van der Waals surface area (Å²) in [6, 6.07) is 11.0. The highest BCUT2D eigenvalue weighted by atomic mass is 35.5. The highest BCUT2D eigenvalue weighted by Crippen LogP contribution is 2.43. The Hall–Kier alpha value is -3.78. The van der Waals surface area contributed by atoms with Gasteiger partial charge in [0.15, 0.2) is 11.5 Å². The second kappa shape index (κ2) is 8.63. The summed E-state index contributed by atoms with van der Waals surface area (Å²) in [6.45, 7) is 1.06. The number of carbonyl (C=O) groups excluding carboxylic acids is 2. The van der Waals surface area contributed by atoms with Gasteiger partial charge in [0.2, 0.25) is 6.79 Å². The average Bonchev–Trinajstić information content (AvgIpc) is 3.55. The van der Waals surface area contributed by atoms with Gasteiger partial charge in [-0.1, -0.05) is 17.7 Å². The predicted octanol–water partition coefficient (Wildman–Crippen LogP) is 3.78. The van der Waals surface area contributed by atoms with Crippen molar-refractivity contribution in [2.75, 3.05) is 13.3 Å². The molecule has 168 valence electrons. The van der Waals surface area contributed by atoms with Crippen molar-refractivity contribution >= 4 is 29.1 Å². The van der Waals surface area contributed by atoms with Crippen LogP contribution in [0.5, 0.6) is 11.5 Å². The van der Waals surface area contributed by atoms with Crippen LogP contribution in [0.1, 0.15) is 23.6 Å². The van der Waals surface area contributed by atoms with E-state index in [1.54, 1.807) is 55.0 Å². The Morgan fingerprint density at radius 2 is 1.88 bits per heavy atom. The summed E-state index contributed by atoms with van der Waals surface area (Å²) >= 11 is 5.97. The molecule has 0 saturated carbocycles. The Bertz CT molecular complexity index is 1240. The normalized spacial score (nSPS) is 18.8. The fourth-order valence-electron chi connectivity index (χ4n) is 4.15. The van der Waals surface area contributed by atoms with Gasteiger partial charge in [-0.15, -0.1) is 0 Å². The highest BCUT2D eigenvalue weighted by molar-refractivity contribution is 6.46. The molecule has 2 aromatic carbocycles. The average molecular weight is 466 g/mol. The van der Waals surface area contributed by atoms with Gasteiger partial charge in [0, 0.05) is 36.1 Å². The number of aliphatic hydroxyl groups is 1. The van der Waals surface area contributed by atoms with Gasteiger partial charge < -0.3 is 24.0 Å². The molecule has 0 unspecified atom stereocenters. The van der Waals surface area contributed by atoms with E-state index >= 15 is 0 Å². The largest absolute Gasteiger partial charge is 0.507 e. The molecule has 1 saturated heterocycles. The molecule has 1 atom stereocenters. The fourth-order valence-corrected chi connectivity index (χ4v) is 4.27. The Morgan fingerprint density at radius 1 is 1.09 bits per heavy atom. The van der Waals surface area contributed by atoms with Crippen LogP contribution in [0.15, 0.2) is 66.8 Å². The second-order valence-electron chi connectivity index (χ2n) is 7.77. The molecule has 2 aliphatic heterocycles. The summed E-state index contributed by atoms with van der Waals surface area (Å²) in [4.78, 5) is 31.7. The van der Waals surface area contributed by atoms with Crippen LogP contribution in [0.4, 0.5) is 0 Å². The second-order valence-corrected chi connectivity index (χ2v) is 8.20. The summed E-state index contributed by atoms with van der Waals surface area (Å²) < 4.78 is 12.8. The summed E-state index contributed by atoms with van der Waals surface area (Å²) in [5, 5.41) is 11.6. The number of benzene rings is 2. The molecule has 1 N–H and O–H groups in total. The van der Waals surface area contributed by atoms with E-state index in [2.05, 4.69) is 4.98 Å². The number of ketones is 1. The lowest BCUT2D eigenvalue weighted by atomic mass is 9.95. The number of hydrogen-bond donors (Lipinski definition) is 1. The highest BCUT2D eigenvalue weighted by Gasteiger charge is 2.46. The third-order valence-corrected chi connectivity index (χ3v) is 6.00. The van der Waals surface area contributed by atoms with Crippen molar-refractivity contribution < 1.29 is 24.2 Å². The smallest absolute Gasteiger partial charge is 0.295 e. The third-order valence-electron chi connectivity index (χ3n) is 5.74. The first-order valence-corrected chi connectivity index (χ1v) is 10.8. The van der Waals surface area contributed by atoms with E-state index in [1.165, 1.54) is 4.90 Å². The monoisotopic (exact) mass is 465 g/mol. The van der Waals surface area contributed by atoms with Gasteiger partial charge in [0.05, 0.1) is 17.9 Å². The number of rotatable bonds is 6. The lowest BCUT2D eigenvalue weighted by molar-refractivity contribution is -0.139. The number of aryl methyl sites for hydroxylation is 1. The van der Waals surface area contributed by atoms with Crippen LogP contribution in [-0.2, 0) is 16.1 Å². The Labute approximate surface area is 194 Å². The number of halogens is 1. The molecule has 3 heterocycles. The maximum absolute atomic E-state index is 13.1. The van der Waals surface area contributed by atoms with Gasteiger partial charge in [-0.3, -0.25) is 9.59 Å². The molecule has 9 heteroatoms. The standard InChI is InChI=1S/C24H20ClN3O5/c25-17-5-2-15(3-6-17)22(29)20-21(16-4-7-18-19(12-16)33-14-32-18)28(24(31)23(20)30)10-1-9-27-11-8-26-13-27/h2-8,11-13,21,29H,1,9-10,14H2/t21-/m1/s1. The number of likely N-dealkylation sites (tertiary alicyclic amines) is 1. The van der Waals surface area contributed by atoms with Gasteiger partial charge >= 0.3 is 0 Å². The van der Waals surface area contributed by atoms with Crippen LogP contribution in [0.3, 0.4) is 0 Å². The summed E-state index contributed by atoms with van der Waals surface area (Å²) in [7, 11) is 0. The number of amides is 1. The fraction of sp³-hybridized carbons (Fsp3) is 0.208. The number of carbonyl (C=O) groups is 2. The number of fused-ring (bicyclic) bond motifs is 1. The molecule has 1 aromatic heterocycles. The number of hydrogen-bond acceptors (Lipinski definition) is 6. The molecule has 2 aliphatic rings. The lowest BCUT2D eigenvalue weighted by Crippen LogP contribution is -2.31. The lowest BCUT2D eigenvalue weighted by Gasteiger charge is -2.25. The topological polar surface area (TPSA) is 93.9 Å². The molecule has 0 bridgehead atoms. The maximum atomic E-state index is 13.1. The van der Waals surface area contributed by atoms with Crippen LogP contribution >= 0.6 is 11.6 Å². The molecule has 1 amide bonds. The number of Topliss-reactive ketones (excluding diaryl/α,β-unsaturated/α-hetero) is 1. The zero-order valence-electron chi connectivity index (χ0n) is 17.5. The molecular formula is C24H20ClN3O5. The number of aliphatic hydroxyl groups excluding tert-OH is 1. The van der Waals surface area contributed by atoms with E-state index in [0.29, 0.717) is 47.2 Å². The van der Waals surface area contributed by atoms with Crippen molar-refractivity contribution in [3.63, 3.8) is 0 Å². The van der Waals surface area contributed by atoms with Crippen molar-refractivity contribution in [1.29, 1.82) is 0 Å². The molecule has 5 rings (SSSR count). The molecule has 3 aromatic rings. The molecule has 33 heavy (non-hydrogen) atoms. The van der Waals surface area contributed by atoms with Crippen LogP contribution in [0.25, 0.3) is 5.76 Å². The van der Waals surface area contributed by atoms with E-state index in [1.807, 2.05) is 10.8 Å². The van der Waals surface area contributed by atoms with Gasteiger partial charge in [-0.25, -0.2) is 4.98 Å². The summed E-state index contributed by atoms with van der Waals surface area (Å²) in [6.07, 6.45) is 5.82. The van der Waals surface area contributed by atoms with Gasteiger partial charge in [-0.2, -0.15) is 0 Å². The first-order valence-electron chi connectivity index (χ1n) is 10.4. The number of ether oxygens (including phenoxy) is 2. The molecule has 8 nitrogen and oxygen atoms in total. The predicted molar refractivity (Wildman–Crippen MR) is 120 cm³/mol. The maximum Gasteiger partial charge on any atom is 0.295 e. The van der Waals surface area contributed by atoms with Crippen molar-refractivity contribution in [3.05, 3.63) is 82.9 Å². The minimum absolute atomic E-state index is 0.0313. The molecule has 0 aliphatic carbocycles. The van der Waals surface area contributed by atoms with Gasteiger partial charge in [0.25, 0.3) is 11.7 Å². The minimum atomic E-state index is -0.766. The van der Waals surface area contributed by atoms with Gasteiger partial charge in [0.1, 0.15) is 5.76 Å². The zero-order valence-corrected chi connectivity index (χ0v) is 18.2. The van der Waals surface area contributed by atoms with E-state index in [4.69, 9.17) is 21.1 Å². The molecule has 1 fully saturated rings. The van der Waals surface area contributed by atoms with Crippen molar-refractivity contribution in [2.24, 2.45) is 0 Å². The van der Waals surface area contributed by atoms with Crippen LogP contribution in [0, 0.1) is 0 Å². The molecular weight excluding hydrogens is 446 g/mol. The zero-order chi connectivity index (χ0) is 22.9. The van der Waals surface area contributed by atoms with Gasteiger partial charge in [-0.05, 0) is 48.4 Å². The minimum Gasteiger partial charge on any atom is -0.507 e. The van der Waals surface area contributed by atoms with E-state index in [0.717, 1.165) is 0 Å². The van der Waals surface area contributed by atoms with Crippen molar-refractivity contribution in [2.45, 2.75) is 19.0 Å². The first-order chi connectivity index (χ1) is 16.0. The number of imidazole rings is 1. The SMILES string of the molecule is O=C1C(=O)N(CCCn2ccnc2)[C@H](c2ccc3c(c2)OCO3)C1=C(O)c1ccc(Cl)cc1. The van der Waals surface area contributed by atoms with E-state index in [9.17, 15) is 14.7 Å². The Balaban J connectivity index is 1.54. The van der Waals surface area contributed by atoms with E-state index < -0.39 is 17.7 Å². The molecule has 0 radical (unpaired) electrons. The Morgan fingerprint density at radius 3 is 2.64 bits per heavy atom. The number of nitrogens with zero attached hydrogens (tertiary/aromatic N) is 3. The van der Waals surface area contributed by atoms with Crippen molar-refractivity contribution in [3.8, 4) is 11.5 Å². The van der Waals surface area contributed by atoms with Crippen molar-refractivity contribution in [1.82, 2.24) is 14.5 Å². The first kappa shape index (κ1) is 21.1. The van der Waals surface area contributed by atoms with Crippen LogP contribution in [-0.4, -0.2) is 44.6 Å². The summed E-state index contributed by atoms with van der Waals surface area (Å²) in [5.74, 6) is -0.507.